The van der Waals surface area contributed by atoms with Gasteiger partial charge in [-0.1, -0.05) is 31.2 Å². The van der Waals surface area contributed by atoms with Crippen molar-refractivity contribution in [3.8, 4) is 11.1 Å². The number of hydrogen-bond acceptors (Lipinski definition) is 4. The summed E-state index contributed by atoms with van der Waals surface area (Å²) in [5.41, 5.74) is 8.51. The highest BCUT2D eigenvalue weighted by molar-refractivity contribution is 5.79. The van der Waals surface area contributed by atoms with E-state index in [-0.39, 0.29) is 18.0 Å². The standard InChI is InChI=1S/C16H20N4O/c1-3-15(16(17)21)20-11(2)12-4-6-13(7-5-12)14-8-18-10-19-9-14/h4-11,15,20H,3H2,1-2H3,(H2,17,21). The number of nitrogens with zero attached hydrogens (tertiary/aromatic N) is 2. The topological polar surface area (TPSA) is 80.9 Å². The summed E-state index contributed by atoms with van der Waals surface area (Å²) in [4.78, 5) is 19.3. The molecule has 0 fully saturated rings. The Morgan fingerprint density at radius 2 is 1.81 bits per heavy atom. The smallest absolute Gasteiger partial charge is 0.234 e. The Hall–Kier alpha value is -2.27. The Morgan fingerprint density at radius 1 is 1.19 bits per heavy atom. The molecule has 110 valence electrons. The van der Waals surface area contributed by atoms with Gasteiger partial charge in [-0.25, -0.2) is 9.97 Å². The van der Waals surface area contributed by atoms with Crippen LogP contribution >= 0.6 is 0 Å². The summed E-state index contributed by atoms with van der Waals surface area (Å²) in [6.45, 7) is 3.96. The second-order valence-corrected chi connectivity index (χ2v) is 5.00. The van der Waals surface area contributed by atoms with Crippen molar-refractivity contribution in [1.82, 2.24) is 15.3 Å². The number of carbonyl (C=O) groups excluding carboxylic acids is 1. The van der Waals surface area contributed by atoms with Crippen LogP contribution in [0.25, 0.3) is 11.1 Å². The van der Waals surface area contributed by atoms with Gasteiger partial charge in [0, 0.05) is 24.0 Å². The van der Waals surface area contributed by atoms with Crippen LogP contribution < -0.4 is 11.1 Å². The number of amides is 1. The van der Waals surface area contributed by atoms with E-state index >= 15 is 0 Å². The van der Waals surface area contributed by atoms with Crippen LogP contribution in [0.2, 0.25) is 0 Å². The maximum absolute atomic E-state index is 11.3. The van der Waals surface area contributed by atoms with Gasteiger partial charge in [-0.2, -0.15) is 0 Å². The Balaban J connectivity index is 2.10. The number of primary amides is 1. The van der Waals surface area contributed by atoms with Gasteiger partial charge in [0.05, 0.1) is 6.04 Å². The van der Waals surface area contributed by atoms with E-state index in [0.717, 1.165) is 16.7 Å². The van der Waals surface area contributed by atoms with E-state index in [9.17, 15) is 4.79 Å². The van der Waals surface area contributed by atoms with Crippen molar-refractivity contribution in [3.05, 3.63) is 48.5 Å². The molecule has 1 heterocycles. The summed E-state index contributed by atoms with van der Waals surface area (Å²) in [6.07, 6.45) is 5.76. The van der Waals surface area contributed by atoms with E-state index < -0.39 is 0 Å². The van der Waals surface area contributed by atoms with Crippen molar-refractivity contribution in [3.63, 3.8) is 0 Å². The number of hydrogen-bond donors (Lipinski definition) is 2. The van der Waals surface area contributed by atoms with Crippen LogP contribution in [0.1, 0.15) is 31.9 Å². The van der Waals surface area contributed by atoms with E-state index in [1.165, 1.54) is 6.33 Å². The average Bonchev–Trinajstić information content (AvgIpc) is 2.53. The first-order chi connectivity index (χ1) is 10.1. The van der Waals surface area contributed by atoms with Gasteiger partial charge in [-0.15, -0.1) is 0 Å². The van der Waals surface area contributed by atoms with Crippen molar-refractivity contribution in [1.29, 1.82) is 0 Å². The zero-order valence-corrected chi connectivity index (χ0v) is 12.3. The molecule has 0 aliphatic rings. The van der Waals surface area contributed by atoms with Crippen LogP contribution in [-0.4, -0.2) is 21.9 Å². The molecular weight excluding hydrogens is 264 g/mol. The molecule has 3 N–H and O–H groups in total. The molecule has 1 aromatic heterocycles. The number of aromatic nitrogens is 2. The maximum atomic E-state index is 11.3. The first kappa shape index (κ1) is 15.1. The predicted octanol–water partition coefficient (Wildman–Crippen LogP) is 2.06. The van der Waals surface area contributed by atoms with Crippen LogP contribution in [-0.2, 0) is 4.79 Å². The minimum Gasteiger partial charge on any atom is -0.368 e. The number of nitrogens with two attached hydrogens (primary N) is 1. The molecule has 1 amide bonds. The predicted molar refractivity (Wildman–Crippen MR) is 82.3 cm³/mol. The normalized spacial score (nSPS) is 13.6. The average molecular weight is 284 g/mol. The fraction of sp³-hybridized carbons (Fsp3) is 0.312. The molecule has 2 unspecified atom stereocenters. The lowest BCUT2D eigenvalue weighted by Crippen LogP contribution is -2.41. The fourth-order valence-corrected chi connectivity index (χ4v) is 2.21. The molecule has 0 saturated carbocycles. The van der Waals surface area contributed by atoms with Crippen molar-refractivity contribution in [2.45, 2.75) is 32.4 Å². The van der Waals surface area contributed by atoms with Gasteiger partial charge >= 0.3 is 0 Å². The molecule has 21 heavy (non-hydrogen) atoms. The fourth-order valence-electron chi connectivity index (χ4n) is 2.21. The molecule has 0 spiro atoms. The van der Waals surface area contributed by atoms with Crippen molar-refractivity contribution >= 4 is 5.91 Å². The van der Waals surface area contributed by atoms with Crippen LogP contribution in [0.4, 0.5) is 0 Å². The van der Waals surface area contributed by atoms with E-state index in [1.807, 2.05) is 38.1 Å². The summed E-state index contributed by atoms with van der Waals surface area (Å²) in [7, 11) is 0. The van der Waals surface area contributed by atoms with Gasteiger partial charge in [0.15, 0.2) is 0 Å². The SMILES string of the molecule is CCC(NC(C)c1ccc(-c2cncnc2)cc1)C(N)=O. The molecule has 2 rings (SSSR count). The van der Waals surface area contributed by atoms with Crippen molar-refractivity contribution in [2.24, 2.45) is 5.73 Å². The largest absolute Gasteiger partial charge is 0.368 e. The van der Waals surface area contributed by atoms with Crippen molar-refractivity contribution in [2.75, 3.05) is 0 Å². The second kappa shape index (κ2) is 6.95. The highest BCUT2D eigenvalue weighted by atomic mass is 16.1. The minimum atomic E-state index is -0.317. The molecule has 5 nitrogen and oxygen atoms in total. The highest BCUT2D eigenvalue weighted by Gasteiger charge is 2.16. The molecule has 2 atom stereocenters. The molecule has 1 aromatic carbocycles. The van der Waals surface area contributed by atoms with Crippen molar-refractivity contribution < 1.29 is 4.79 Å². The third-order valence-electron chi connectivity index (χ3n) is 3.51. The highest BCUT2D eigenvalue weighted by Crippen LogP contribution is 2.21. The van der Waals surface area contributed by atoms with E-state index in [0.29, 0.717) is 6.42 Å². The molecule has 0 radical (unpaired) electrons. The number of rotatable bonds is 6. The van der Waals surface area contributed by atoms with Crippen LogP contribution in [0.5, 0.6) is 0 Å². The summed E-state index contributed by atoms with van der Waals surface area (Å²) in [5.74, 6) is -0.317. The summed E-state index contributed by atoms with van der Waals surface area (Å²) >= 11 is 0. The van der Waals surface area contributed by atoms with Gasteiger partial charge in [0.2, 0.25) is 5.91 Å². The number of carbonyl (C=O) groups is 1. The van der Waals surface area contributed by atoms with Gasteiger partial charge in [0.25, 0.3) is 0 Å². The summed E-state index contributed by atoms with van der Waals surface area (Å²) in [5, 5.41) is 3.24. The molecule has 2 aromatic rings. The minimum absolute atomic E-state index is 0.0588. The second-order valence-electron chi connectivity index (χ2n) is 5.00. The summed E-state index contributed by atoms with van der Waals surface area (Å²) < 4.78 is 0. The molecule has 0 aliphatic carbocycles. The van der Waals surface area contributed by atoms with Crippen LogP contribution in [0.15, 0.2) is 43.0 Å². The molecule has 5 heteroatoms. The Labute approximate surface area is 124 Å². The number of nitrogens with one attached hydrogen (secondary N) is 1. The molecule has 0 bridgehead atoms. The first-order valence-corrected chi connectivity index (χ1v) is 7.02. The lowest BCUT2D eigenvalue weighted by Gasteiger charge is -2.20. The maximum Gasteiger partial charge on any atom is 0.234 e. The molecule has 0 saturated heterocycles. The van der Waals surface area contributed by atoms with Gasteiger partial charge in [0.1, 0.15) is 6.33 Å². The Bertz CT molecular complexity index is 583. The lowest BCUT2D eigenvalue weighted by atomic mass is 10.0. The van der Waals surface area contributed by atoms with E-state index in [1.54, 1.807) is 12.4 Å². The number of benzene rings is 1. The van der Waals surface area contributed by atoms with Crippen LogP contribution in [0.3, 0.4) is 0 Å². The first-order valence-electron chi connectivity index (χ1n) is 7.02. The van der Waals surface area contributed by atoms with E-state index in [4.69, 9.17) is 5.73 Å². The lowest BCUT2D eigenvalue weighted by molar-refractivity contribution is -0.120. The monoisotopic (exact) mass is 284 g/mol. The third-order valence-corrected chi connectivity index (χ3v) is 3.51. The van der Waals surface area contributed by atoms with E-state index in [2.05, 4.69) is 15.3 Å². The zero-order chi connectivity index (χ0) is 15.2. The molecular formula is C16H20N4O. The van der Waals surface area contributed by atoms with Gasteiger partial charge in [-0.05, 0) is 24.5 Å². The Kier molecular flexibility index (Phi) is 5.00. The third kappa shape index (κ3) is 3.86. The summed E-state index contributed by atoms with van der Waals surface area (Å²) in [6, 6.07) is 7.88. The Morgan fingerprint density at radius 3 is 2.33 bits per heavy atom. The van der Waals surface area contributed by atoms with Gasteiger partial charge < -0.3 is 5.73 Å². The quantitative estimate of drug-likeness (QED) is 0.850. The molecule has 0 aliphatic heterocycles. The zero-order valence-electron chi connectivity index (χ0n) is 12.3. The van der Waals surface area contributed by atoms with Gasteiger partial charge in [-0.3, -0.25) is 10.1 Å². The van der Waals surface area contributed by atoms with Crippen LogP contribution in [0, 0.1) is 0 Å².